The molecule has 2 rings (SSSR count). The van der Waals surface area contributed by atoms with Gasteiger partial charge in [0.25, 0.3) is 0 Å². The average molecular weight is 281 g/mol. The lowest BCUT2D eigenvalue weighted by molar-refractivity contribution is -0.900. The minimum absolute atomic E-state index is 1.09. The minimum Gasteiger partial charge on any atom is -0.326 e. The van der Waals surface area contributed by atoms with Crippen LogP contribution < -0.4 is 0 Å². The van der Waals surface area contributed by atoms with Gasteiger partial charge in [-0.3, -0.25) is 0 Å². The highest BCUT2D eigenvalue weighted by molar-refractivity contribution is 4.80. The number of nitrogens with zero attached hydrogens (tertiary/aromatic N) is 1. The molecule has 1 saturated carbocycles. The van der Waals surface area contributed by atoms with Crippen molar-refractivity contribution in [1.82, 2.24) is 0 Å². The van der Waals surface area contributed by atoms with Crippen LogP contribution in [0, 0.1) is 11.8 Å². The molecule has 1 aliphatic carbocycles. The van der Waals surface area contributed by atoms with Crippen LogP contribution in [0.1, 0.15) is 84.0 Å². The molecule has 0 bridgehead atoms. The predicted octanol–water partition coefficient (Wildman–Crippen LogP) is 5.39. The maximum atomic E-state index is 2.54. The predicted molar refractivity (Wildman–Crippen MR) is 88.8 cm³/mol. The first-order valence-corrected chi connectivity index (χ1v) is 9.57. The Hall–Kier alpha value is -0.0400. The monoisotopic (exact) mass is 280 g/mol. The second-order valence-corrected chi connectivity index (χ2v) is 7.99. The van der Waals surface area contributed by atoms with Crippen LogP contribution in [-0.2, 0) is 0 Å². The Morgan fingerprint density at radius 1 is 0.750 bits per heavy atom. The van der Waals surface area contributed by atoms with Crippen LogP contribution in [0.4, 0.5) is 0 Å². The molecule has 0 amide bonds. The van der Waals surface area contributed by atoms with Crippen molar-refractivity contribution in [1.29, 1.82) is 0 Å². The van der Waals surface area contributed by atoms with Gasteiger partial charge in [-0.15, -0.1) is 0 Å². The number of likely N-dealkylation sites (tertiary alicyclic amines) is 1. The zero-order valence-corrected chi connectivity index (χ0v) is 14.2. The van der Waals surface area contributed by atoms with E-state index >= 15 is 0 Å². The standard InChI is InChI=1S/C19H38N/c1-3-4-5-6-7-8-9-12-15-20(2)16-18-13-10-11-14-19(18)17-20/h18-19H,3-17H2,1-2H3/q+1/t18-,19-/m0/s1. The lowest BCUT2D eigenvalue weighted by atomic mass is 9.82. The Morgan fingerprint density at radius 2 is 1.25 bits per heavy atom. The van der Waals surface area contributed by atoms with E-state index in [-0.39, 0.29) is 0 Å². The number of fused-ring (bicyclic) bond motifs is 1. The molecule has 2 fully saturated rings. The summed E-state index contributed by atoms with van der Waals surface area (Å²) in [6.45, 7) is 6.77. The van der Waals surface area contributed by atoms with Gasteiger partial charge < -0.3 is 4.48 Å². The molecule has 0 aromatic rings. The summed E-state index contributed by atoms with van der Waals surface area (Å²) >= 11 is 0. The van der Waals surface area contributed by atoms with Crippen molar-refractivity contribution in [2.45, 2.75) is 84.0 Å². The van der Waals surface area contributed by atoms with E-state index in [9.17, 15) is 0 Å². The molecule has 1 aliphatic heterocycles. The largest absolute Gasteiger partial charge is 0.326 e. The zero-order chi connectivity index (χ0) is 14.3. The van der Waals surface area contributed by atoms with Gasteiger partial charge in [0.15, 0.2) is 0 Å². The second kappa shape index (κ2) is 8.41. The Bertz CT molecular complexity index is 246. The van der Waals surface area contributed by atoms with E-state index < -0.39 is 0 Å². The molecule has 0 radical (unpaired) electrons. The lowest BCUT2D eigenvalue weighted by Gasteiger charge is -2.30. The molecule has 0 aromatic carbocycles. The highest BCUT2D eigenvalue weighted by atomic mass is 15.3. The summed E-state index contributed by atoms with van der Waals surface area (Å²) in [5.41, 5.74) is 0. The van der Waals surface area contributed by atoms with Gasteiger partial charge in [-0.2, -0.15) is 0 Å². The van der Waals surface area contributed by atoms with Crippen molar-refractivity contribution in [2.75, 3.05) is 26.7 Å². The quantitative estimate of drug-likeness (QED) is 0.392. The van der Waals surface area contributed by atoms with Crippen molar-refractivity contribution < 1.29 is 4.48 Å². The van der Waals surface area contributed by atoms with Crippen LogP contribution in [-0.4, -0.2) is 31.2 Å². The Balaban J connectivity index is 1.53. The molecule has 1 saturated heterocycles. The van der Waals surface area contributed by atoms with Crippen LogP contribution in [0.2, 0.25) is 0 Å². The van der Waals surface area contributed by atoms with E-state index in [4.69, 9.17) is 0 Å². The molecule has 0 unspecified atom stereocenters. The van der Waals surface area contributed by atoms with Crippen LogP contribution in [0.25, 0.3) is 0 Å². The van der Waals surface area contributed by atoms with Gasteiger partial charge in [0, 0.05) is 11.8 Å². The number of quaternary nitrogens is 1. The molecule has 1 nitrogen and oxygen atoms in total. The summed E-state index contributed by atoms with van der Waals surface area (Å²) in [6.07, 6.45) is 17.8. The summed E-state index contributed by atoms with van der Waals surface area (Å²) in [5, 5.41) is 0. The third-order valence-corrected chi connectivity index (χ3v) is 5.97. The van der Waals surface area contributed by atoms with E-state index in [1.165, 1.54) is 101 Å². The molecule has 2 aliphatic rings. The SMILES string of the molecule is CCCCCCCCCC[N+]1(C)C[C@@H]2CCCC[C@H]2C1. The Kier molecular flexibility index (Phi) is 6.87. The maximum absolute atomic E-state index is 2.54. The fourth-order valence-electron chi connectivity index (χ4n) is 4.78. The summed E-state index contributed by atoms with van der Waals surface area (Å²) in [6, 6.07) is 0. The second-order valence-electron chi connectivity index (χ2n) is 7.99. The van der Waals surface area contributed by atoms with Gasteiger partial charge in [0.1, 0.15) is 0 Å². The minimum atomic E-state index is 1.09. The van der Waals surface area contributed by atoms with Gasteiger partial charge in [0.05, 0.1) is 26.7 Å². The number of rotatable bonds is 9. The normalized spacial score (nSPS) is 28.5. The summed E-state index contributed by atoms with van der Waals surface area (Å²) in [5.74, 6) is 2.17. The van der Waals surface area contributed by atoms with E-state index in [2.05, 4.69) is 14.0 Å². The fraction of sp³-hybridized carbons (Fsp3) is 1.00. The maximum Gasteiger partial charge on any atom is 0.0818 e. The first kappa shape index (κ1) is 16.3. The van der Waals surface area contributed by atoms with Crippen molar-refractivity contribution in [3.05, 3.63) is 0 Å². The number of hydrogen-bond donors (Lipinski definition) is 0. The van der Waals surface area contributed by atoms with E-state index in [1.54, 1.807) is 0 Å². The first-order chi connectivity index (χ1) is 9.73. The third-order valence-electron chi connectivity index (χ3n) is 5.97. The van der Waals surface area contributed by atoms with Crippen molar-refractivity contribution >= 4 is 0 Å². The van der Waals surface area contributed by atoms with Gasteiger partial charge in [0.2, 0.25) is 0 Å². The van der Waals surface area contributed by atoms with Gasteiger partial charge in [-0.05, 0) is 25.7 Å². The first-order valence-electron chi connectivity index (χ1n) is 9.57. The van der Waals surface area contributed by atoms with Crippen molar-refractivity contribution in [3.8, 4) is 0 Å². The molecule has 0 N–H and O–H groups in total. The molecule has 0 spiro atoms. The topological polar surface area (TPSA) is 0 Å². The van der Waals surface area contributed by atoms with Crippen molar-refractivity contribution in [3.63, 3.8) is 0 Å². The highest BCUT2D eigenvalue weighted by Gasteiger charge is 2.42. The molecule has 20 heavy (non-hydrogen) atoms. The summed E-state index contributed by atoms with van der Waals surface area (Å²) < 4.78 is 1.41. The molecule has 0 aromatic heterocycles. The molecular weight excluding hydrogens is 242 g/mol. The Morgan fingerprint density at radius 3 is 1.80 bits per heavy atom. The smallest absolute Gasteiger partial charge is 0.0818 e. The van der Waals surface area contributed by atoms with Gasteiger partial charge in [-0.25, -0.2) is 0 Å². The summed E-state index contributed by atoms with van der Waals surface area (Å²) in [4.78, 5) is 0. The summed E-state index contributed by atoms with van der Waals surface area (Å²) in [7, 11) is 2.54. The van der Waals surface area contributed by atoms with Crippen LogP contribution in [0.5, 0.6) is 0 Å². The molecule has 118 valence electrons. The van der Waals surface area contributed by atoms with Crippen LogP contribution in [0.3, 0.4) is 0 Å². The molecule has 2 atom stereocenters. The molecule has 1 heterocycles. The van der Waals surface area contributed by atoms with Gasteiger partial charge >= 0.3 is 0 Å². The Labute approximate surface area is 127 Å². The van der Waals surface area contributed by atoms with Crippen LogP contribution >= 0.6 is 0 Å². The van der Waals surface area contributed by atoms with E-state index in [0.717, 1.165) is 11.8 Å². The van der Waals surface area contributed by atoms with Crippen molar-refractivity contribution in [2.24, 2.45) is 11.8 Å². The zero-order valence-electron chi connectivity index (χ0n) is 14.2. The molecule has 1 heteroatoms. The highest BCUT2D eigenvalue weighted by Crippen LogP contribution is 2.39. The lowest BCUT2D eigenvalue weighted by Crippen LogP contribution is -2.42. The number of unbranched alkanes of at least 4 members (excludes halogenated alkanes) is 7. The fourth-order valence-corrected chi connectivity index (χ4v) is 4.78. The molecular formula is C19H38N+. The van der Waals surface area contributed by atoms with Crippen LogP contribution in [0.15, 0.2) is 0 Å². The van der Waals surface area contributed by atoms with Gasteiger partial charge in [-0.1, -0.05) is 58.3 Å². The average Bonchev–Trinajstić information content (AvgIpc) is 2.78. The number of hydrogen-bond acceptors (Lipinski definition) is 0. The van der Waals surface area contributed by atoms with E-state index in [0.29, 0.717) is 0 Å². The van der Waals surface area contributed by atoms with E-state index in [1.807, 2.05) is 0 Å². The third kappa shape index (κ3) is 5.06.